The Balaban J connectivity index is 1.34. The van der Waals surface area contributed by atoms with Crippen LogP contribution < -0.4 is 5.32 Å². The number of likely N-dealkylation sites (tertiary alicyclic amines) is 1. The number of halogens is 1. The Bertz CT molecular complexity index is 1150. The molecule has 0 aliphatic carbocycles. The molecule has 0 spiro atoms. The van der Waals surface area contributed by atoms with Gasteiger partial charge in [-0.2, -0.15) is 0 Å². The molecule has 0 atom stereocenters. The lowest BCUT2D eigenvalue weighted by Gasteiger charge is -2.38. The van der Waals surface area contributed by atoms with Crippen LogP contribution in [-0.2, 0) is 11.2 Å². The van der Waals surface area contributed by atoms with Gasteiger partial charge in [0.1, 0.15) is 10.8 Å². The molecular formula is C26H30ClN5O3. The maximum Gasteiger partial charge on any atom is 0.410 e. The van der Waals surface area contributed by atoms with Crippen molar-refractivity contribution in [2.24, 2.45) is 0 Å². The van der Waals surface area contributed by atoms with Gasteiger partial charge in [0, 0.05) is 43.2 Å². The summed E-state index contributed by atoms with van der Waals surface area (Å²) in [5, 5.41) is 14.7. The van der Waals surface area contributed by atoms with E-state index in [-0.39, 0.29) is 6.09 Å². The van der Waals surface area contributed by atoms with Crippen molar-refractivity contribution in [1.29, 1.82) is 0 Å². The first-order chi connectivity index (χ1) is 16.6. The van der Waals surface area contributed by atoms with Gasteiger partial charge in [-0.25, -0.2) is 19.7 Å². The van der Waals surface area contributed by atoms with Crippen molar-refractivity contribution < 1.29 is 14.6 Å². The second-order valence-electron chi connectivity index (χ2n) is 9.83. The number of benzene rings is 1. The highest BCUT2D eigenvalue weighted by Crippen LogP contribution is 2.28. The van der Waals surface area contributed by atoms with Gasteiger partial charge in [0.2, 0.25) is 5.95 Å². The monoisotopic (exact) mass is 495 g/mol. The van der Waals surface area contributed by atoms with E-state index in [1.54, 1.807) is 23.4 Å². The van der Waals surface area contributed by atoms with Gasteiger partial charge in [-0.1, -0.05) is 23.7 Å². The SMILES string of the molecule is CC(C)(C)OC(=O)N1CCC(O)(Cc2ccc(Nc3nccc(-c4ccc(Cl)nc4)n3)cc2)CC1. The number of ether oxygens (including phenoxy) is 1. The average molecular weight is 496 g/mol. The molecule has 2 N–H and O–H groups in total. The average Bonchev–Trinajstić information content (AvgIpc) is 2.80. The summed E-state index contributed by atoms with van der Waals surface area (Å²) in [6, 6.07) is 13.2. The summed E-state index contributed by atoms with van der Waals surface area (Å²) in [6.07, 6.45) is 4.57. The fourth-order valence-corrected chi connectivity index (χ4v) is 4.04. The third-order valence-corrected chi connectivity index (χ3v) is 5.99. The van der Waals surface area contributed by atoms with Gasteiger partial charge in [0.15, 0.2) is 0 Å². The summed E-state index contributed by atoms with van der Waals surface area (Å²) in [7, 11) is 0. The van der Waals surface area contributed by atoms with E-state index in [4.69, 9.17) is 16.3 Å². The number of aromatic nitrogens is 3. The van der Waals surface area contributed by atoms with Crippen LogP contribution in [0.4, 0.5) is 16.4 Å². The number of pyridine rings is 1. The van der Waals surface area contributed by atoms with Gasteiger partial charge < -0.3 is 20.1 Å². The number of hydrogen-bond acceptors (Lipinski definition) is 7. The number of hydrogen-bond donors (Lipinski definition) is 2. The molecule has 9 heteroatoms. The van der Waals surface area contributed by atoms with Crippen molar-refractivity contribution in [2.75, 3.05) is 18.4 Å². The summed E-state index contributed by atoms with van der Waals surface area (Å²) in [4.78, 5) is 26.9. The number of nitrogens with zero attached hydrogens (tertiary/aromatic N) is 4. The molecule has 1 aromatic carbocycles. The normalized spacial score (nSPS) is 15.5. The Morgan fingerprint density at radius 2 is 1.83 bits per heavy atom. The van der Waals surface area contributed by atoms with E-state index in [1.807, 2.05) is 57.2 Å². The van der Waals surface area contributed by atoms with Crippen LogP contribution >= 0.6 is 11.6 Å². The number of rotatable bonds is 5. The third kappa shape index (κ3) is 6.90. The Morgan fingerprint density at radius 1 is 1.11 bits per heavy atom. The van der Waals surface area contributed by atoms with Crippen LogP contribution in [0, 0.1) is 0 Å². The van der Waals surface area contributed by atoms with Crippen molar-refractivity contribution in [3.05, 3.63) is 65.6 Å². The summed E-state index contributed by atoms with van der Waals surface area (Å²) >= 11 is 5.87. The number of piperidine rings is 1. The summed E-state index contributed by atoms with van der Waals surface area (Å²) in [6.45, 7) is 6.50. The smallest absolute Gasteiger partial charge is 0.410 e. The van der Waals surface area contributed by atoms with Crippen LogP contribution in [0.2, 0.25) is 5.15 Å². The molecule has 3 heterocycles. The molecule has 0 bridgehead atoms. The molecule has 4 rings (SSSR count). The number of aliphatic hydroxyl groups is 1. The Labute approximate surface area is 210 Å². The number of nitrogens with one attached hydrogen (secondary N) is 1. The van der Waals surface area contributed by atoms with Crippen LogP contribution in [0.1, 0.15) is 39.2 Å². The minimum Gasteiger partial charge on any atom is -0.444 e. The molecule has 1 aliphatic heterocycles. The molecule has 1 fully saturated rings. The molecule has 184 valence electrons. The van der Waals surface area contributed by atoms with E-state index in [1.165, 1.54) is 0 Å². The number of carbonyl (C=O) groups excluding carboxylic acids is 1. The van der Waals surface area contributed by atoms with E-state index in [2.05, 4.69) is 20.3 Å². The number of anilines is 2. The fourth-order valence-electron chi connectivity index (χ4n) is 3.93. The van der Waals surface area contributed by atoms with Gasteiger partial charge >= 0.3 is 6.09 Å². The van der Waals surface area contributed by atoms with E-state index in [9.17, 15) is 9.90 Å². The van der Waals surface area contributed by atoms with Crippen molar-refractivity contribution in [1.82, 2.24) is 19.9 Å². The van der Waals surface area contributed by atoms with Crippen molar-refractivity contribution in [2.45, 2.75) is 51.2 Å². The Kier molecular flexibility index (Phi) is 7.23. The minimum absolute atomic E-state index is 0.325. The number of carbonyl (C=O) groups is 1. The molecule has 1 saturated heterocycles. The van der Waals surface area contributed by atoms with E-state index >= 15 is 0 Å². The standard InChI is InChI=1S/C26H30ClN5O3/c1-25(2,3)35-24(33)32-14-11-26(34,12-15-32)16-18-4-7-20(8-5-18)30-23-28-13-10-21(31-23)19-6-9-22(27)29-17-19/h4-10,13,17,34H,11-12,14-16H2,1-3H3,(H,28,30,31). The second-order valence-corrected chi connectivity index (χ2v) is 10.2. The van der Waals surface area contributed by atoms with Crippen LogP contribution in [0.3, 0.4) is 0 Å². The summed E-state index contributed by atoms with van der Waals surface area (Å²) in [5.74, 6) is 0.471. The minimum atomic E-state index is -0.850. The van der Waals surface area contributed by atoms with Gasteiger partial charge in [0.05, 0.1) is 11.3 Å². The first kappa shape index (κ1) is 24.9. The van der Waals surface area contributed by atoms with E-state index in [0.29, 0.717) is 43.5 Å². The maximum atomic E-state index is 12.3. The van der Waals surface area contributed by atoms with E-state index in [0.717, 1.165) is 22.5 Å². The predicted octanol–water partition coefficient (Wildman–Crippen LogP) is 5.24. The molecule has 8 nitrogen and oxygen atoms in total. The largest absolute Gasteiger partial charge is 0.444 e. The first-order valence-electron chi connectivity index (χ1n) is 11.6. The molecule has 0 unspecified atom stereocenters. The van der Waals surface area contributed by atoms with Gasteiger partial charge in [-0.05, 0) is 69.5 Å². The molecule has 0 radical (unpaired) electrons. The maximum absolute atomic E-state index is 12.3. The molecule has 3 aromatic rings. The highest BCUT2D eigenvalue weighted by molar-refractivity contribution is 6.29. The van der Waals surface area contributed by atoms with Crippen LogP contribution in [-0.4, -0.2) is 55.3 Å². The highest BCUT2D eigenvalue weighted by atomic mass is 35.5. The zero-order valence-electron chi connectivity index (χ0n) is 20.2. The summed E-state index contributed by atoms with van der Waals surface area (Å²) < 4.78 is 5.44. The quantitative estimate of drug-likeness (QED) is 0.467. The lowest BCUT2D eigenvalue weighted by Crippen LogP contribution is -2.49. The van der Waals surface area contributed by atoms with Crippen molar-refractivity contribution in [3.63, 3.8) is 0 Å². The van der Waals surface area contributed by atoms with Crippen LogP contribution in [0.15, 0.2) is 54.9 Å². The molecule has 1 aliphatic rings. The lowest BCUT2D eigenvalue weighted by atomic mass is 9.85. The molecule has 2 aromatic heterocycles. The first-order valence-corrected chi connectivity index (χ1v) is 12.0. The van der Waals surface area contributed by atoms with E-state index < -0.39 is 11.2 Å². The van der Waals surface area contributed by atoms with Gasteiger partial charge in [-0.15, -0.1) is 0 Å². The molecule has 0 saturated carbocycles. The van der Waals surface area contributed by atoms with Crippen LogP contribution in [0.5, 0.6) is 0 Å². The number of amides is 1. The second kappa shape index (κ2) is 10.2. The fraction of sp³-hybridized carbons (Fsp3) is 0.385. The van der Waals surface area contributed by atoms with Crippen LogP contribution in [0.25, 0.3) is 11.3 Å². The Morgan fingerprint density at radius 3 is 2.46 bits per heavy atom. The third-order valence-electron chi connectivity index (χ3n) is 5.77. The topological polar surface area (TPSA) is 100 Å². The zero-order chi connectivity index (χ0) is 25.1. The zero-order valence-corrected chi connectivity index (χ0v) is 20.9. The highest BCUT2D eigenvalue weighted by Gasteiger charge is 2.35. The lowest BCUT2D eigenvalue weighted by molar-refractivity contribution is -0.0315. The van der Waals surface area contributed by atoms with Gasteiger partial charge in [0.25, 0.3) is 0 Å². The van der Waals surface area contributed by atoms with Crippen molar-refractivity contribution in [3.8, 4) is 11.3 Å². The molecule has 1 amide bonds. The molecule has 35 heavy (non-hydrogen) atoms. The Hall–Kier alpha value is -3.23. The predicted molar refractivity (Wildman–Crippen MR) is 136 cm³/mol. The van der Waals surface area contributed by atoms with Gasteiger partial charge in [-0.3, -0.25) is 0 Å². The summed E-state index contributed by atoms with van der Waals surface area (Å²) in [5.41, 5.74) is 2.07. The van der Waals surface area contributed by atoms with Crippen molar-refractivity contribution >= 4 is 29.3 Å². The molecular weight excluding hydrogens is 466 g/mol.